The van der Waals surface area contributed by atoms with E-state index in [1.165, 1.54) is 16.7 Å². The molecule has 0 atom stereocenters. The van der Waals surface area contributed by atoms with Gasteiger partial charge in [-0.15, -0.1) is 0 Å². The van der Waals surface area contributed by atoms with Crippen molar-refractivity contribution >= 4 is 28.6 Å². The Balaban J connectivity index is 1.75. The Morgan fingerprint density at radius 2 is 1.80 bits per heavy atom. The lowest BCUT2D eigenvalue weighted by Crippen LogP contribution is -2.28. The summed E-state index contributed by atoms with van der Waals surface area (Å²) < 4.78 is 1.74. The summed E-state index contributed by atoms with van der Waals surface area (Å²) in [5, 5.41) is 4.10. The van der Waals surface area contributed by atoms with E-state index in [0.29, 0.717) is 46.4 Å². The van der Waals surface area contributed by atoms with E-state index in [2.05, 4.69) is 51.2 Å². The molecule has 0 unspecified atom stereocenters. The molecule has 1 amide bonds. The van der Waals surface area contributed by atoms with Gasteiger partial charge in [0.25, 0.3) is 11.5 Å². The van der Waals surface area contributed by atoms with Crippen LogP contribution in [-0.2, 0) is 12.3 Å². The number of hydrogen-bond acceptors (Lipinski definition) is 4. The predicted molar refractivity (Wildman–Crippen MR) is 144 cm³/mol. The van der Waals surface area contributed by atoms with Crippen LogP contribution in [0.1, 0.15) is 46.5 Å². The van der Waals surface area contributed by atoms with Crippen LogP contribution in [0.2, 0.25) is 0 Å². The molecule has 180 valence electrons. The second-order valence-electron chi connectivity index (χ2n) is 9.33. The summed E-state index contributed by atoms with van der Waals surface area (Å²) in [7, 11) is 0. The molecule has 1 aromatic heterocycles. The van der Waals surface area contributed by atoms with Crippen LogP contribution in [0, 0.1) is 19.8 Å². The smallest absolute Gasteiger partial charge is 0.262 e. The van der Waals surface area contributed by atoms with Crippen LogP contribution in [0.4, 0.5) is 0 Å². The number of hydrogen-bond donors (Lipinski definition) is 1. The molecular weight excluding hydrogens is 454 g/mol. The van der Waals surface area contributed by atoms with Gasteiger partial charge in [-0.25, -0.2) is 4.98 Å². The summed E-state index contributed by atoms with van der Waals surface area (Å²) in [5.41, 5.74) is 5.63. The van der Waals surface area contributed by atoms with Crippen molar-refractivity contribution in [1.82, 2.24) is 14.9 Å². The third kappa shape index (κ3) is 6.01. The van der Waals surface area contributed by atoms with Gasteiger partial charge in [0.1, 0.15) is 0 Å². The van der Waals surface area contributed by atoms with E-state index in [0.717, 1.165) is 5.56 Å². The minimum Gasteiger partial charge on any atom is -0.352 e. The van der Waals surface area contributed by atoms with Gasteiger partial charge in [-0.2, -0.15) is 0 Å². The van der Waals surface area contributed by atoms with E-state index in [1.807, 2.05) is 30.3 Å². The number of carbonyl (C=O) groups excluding carboxylic acids is 1. The minimum absolute atomic E-state index is 0.101. The van der Waals surface area contributed by atoms with Crippen LogP contribution >= 0.6 is 11.8 Å². The summed E-state index contributed by atoms with van der Waals surface area (Å²) in [6.07, 6.45) is 0. The Kier molecular flexibility index (Phi) is 7.71. The zero-order valence-electron chi connectivity index (χ0n) is 20.7. The highest BCUT2D eigenvalue weighted by molar-refractivity contribution is 7.98. The SMILES string of the molecule is Cc1ccc(C)c(CSc2nc3cc(C(=O)NCC(C)C)ccc3c(=O)n2Cc2ccccc2)c1. The number of aryl methyl sites for hydroxylation is 2. The maximum absolute atomic E-state index is 13.6. The Morgan fingerprint density at radius 1 is 1.03 bits per heavy atom. The highest BCUT2D eigenvalue weighted by atomic mass is 32.2. The normalized spacial score (nSPS) is 11.2. The Labute approximate surface area is 210 Å². The summed E-state index contributed by atoms with van der Waals surface area (Å²) >= 11 is 1.55. The molecule has 0 fully saturated rings. The molecule has 6 heteroatoms. The monoisotopic (exact) mass is 485 g/mol. The number of nitrogens with one attached hydrogen (secondary N) is 1. The molecule has 0 bridgehead atoms. The van der Waals surface area contributed by atoms with Gasteiger partial charge >= 0.3 is 0 Å². The van der Waals surface area contributed by atoms with Crippen molar-refractivity contribution in [3.8, 4) is 0 Å². The third-order valence-corrected chi connectivity index (χ3v) is 6.92. The lowest BCUT2D eigenvalue weighted by molar-refractivity contribution is 0.0949. The molecule has 0 saturated carbocycles. The first-order valence-electron chi connectivity index (χ1n) is 11.9. The number of thioether (sulfide) groups is 1. The number of nitrogens with zero attached hydrogens (tertiary/aromatic N) is 2. The van der Waals surface area contributed by atoms with Crippen LogP contribution in [0.25, 0.3) is 10.9 Å². The molecule has 4 aromatic rings. The lowest BCUT2D eigenvalue weighted by Gasteiger charge is -2.15. The Morgan fingerprint density at radius 3 is 2.54 bits per heavy atom. The summed E-state index contributed by atoms with van der Waals surface area (Å²) in [6.45, 7) is 9.32. The third-order valence-electron chi connectivity index (χ3n) is 5.90. The van der Waals surface area contributed by atoms with Gasteiger partial charge in [0.2, 0.25) is 0 Å². The summed E-state index contributed by atoms with van der Waals surface area (Å²) in [4.78, 5) is 31.1. The fraction of sp³-hybridized carbons (Fsp3) is 0.276. The van der Waals surface area contributed by atoms with E-state index in [4.69, 9.17) is 4.98 Å². The highest BCUT2D eigenvalue weighted by Gasteiger charge is 2.15. The minimum atomic E-state index is -0.152. The van der Waals surface area contributed by atoms with Gasteiger partial charge in [0.15, 0.2) is 5.16 Å². The first-order chi connectivity index (χ1) is 16.8. The fourth-order valence-electron chi connectivity index (χ4n) is 3.85. The summed E-state index contributed by atoms with van der Waals surface area (Å²) in [6, 6.07) is 21.5. The van der Waals surface area contributed by atoms with Gasteiger partial charge in [-0.05, 0) is 54.7 Å². The van der Waals surface area contributed by atoms with Gasteiger partial charge < -0.3 is 5.32 Å². The van der Waals surface area contributed by atoms with Gasteiger partial charge in [-0.3, -0.25) is 14.2 Å². The quantitative estimate of drug-likeness (QED) is 0.255. The van der Waals surface area contributed by atoms with E-state index in [-0.39, 0.29) is 11.5 Å². The van der Waals surface area contributed by atoms with E-state index >= 15 is 0 Å². The van der Waals surface area contributed by atoms with Gasteiger partial charge in [0, 0.05) is 17.9 Å². The van der Waals surface area contributed by atoms with E-state index in [9.17, 15) is 9.59 Å². The van der Waals surface area contributed by atoms with Crippen LogP contribution in [0.15, 0.2) is 76.7 Å². The largest absolute Gasteiger partial charge is 0.352 e. The van der Waals surface area contributed by atoms with Crippen molar-refractivity contribution in [1.29, 1.82) is 0 Å². The molecule has 1 heterocycles. The maximum atomic E-state index is 13.6. The number of rotatable bonds is 8. The second-order valence-corrected chi connectivity index (χ2v) is 10.3. The molecular formula is C29H31N3O2S. The number of fused-ring (bicyclic) bond motifs is 1. The molecule has 3 aromatic carbocycles. The van der Waals surface area contributed by atoms with E-state index < -0.39 is 0 Å². The molecule has 0 spiro atoms. The van der Waals surface area contributed by atoms with Crippen molar-refractivity contribution in [3.63, 3.8) is 0 Å². The lowest BCUT2D eigenvalue weighted by atomic mass is 10.1. The number of amides is 1. The van der Waals surface area contributed by atoms with Crippen molar-refractivity contribution in [2.24, 2.45) is 5.92 Å². The van der Waals surface area contributed by atoms with Gasteiger partial charge in [0.05, 0.1) is 17.4 Å². The molecule has 35 heavy (non-hydrogen) atoms. The average molecular weight is 486 g/mol. The Bertz CT molecular complexity index is 1410. The molecule has 0 aliphatic carbocycles. The maximum Gasteiger partial charge on any atom is 0.262 e. The second kappa shape index (κ2) is 10.9. The van der Waals surface area contributed by atoms with Crippen LogP contribution in [-0.4, -0.2) is 22.0 Å². The van der Waals surface area contributed by atoms with E-state index in [1.54, 1.807) is 34.5 Å². The van der Waals surface area contributed by atoms with Crippen molar-refractivity contribution in [3.05, 3.63) is 105 Å². The van der Waals surface area contributed by atoms with Crippen molar-refractivity contribution in [2.75, 3.05) is 6.54 Å². The molecule has 0 aliphatic rings. The molecule has 5 nitrogen and oxygen atoms in total. The molecule has 0 aliphatic heterocycles. The van der Waals surface area contributed by atoms with Crippen molar-refractivity contribution < 1.29 is 4.79 Å². The predicted octanol–water partition coefficient (Wildman–Crippen LogP) is 5.74. The standard InChI is InChI=1S/C29H31N3O2S/c1-19(2)16-30-27(33)23-12-13-25-26(15-23)31-29(35-18-24-14-20(3)10-11-21(24)4)32(28(25)34)17-22-8-6-5-7-9-22/h5-15,19H,16-18H2,1-4H3,(H,30,33). The molecule has 0 radical (unpaired) electrons. The van der Waals surface area contributed by atoms with Crippen LogP contribution < -0.4 is 10.9 Å². The first-order valence-corrected chi connectivity index (χ1v) is 12.9. The topological polar surface area (TPSA) is 64.0 Å². The van der Waals surface area contributed by atoms with Crippen LogP contribution in [0.3, 0.4) is 0 Å². The number of carbonyl (C=O) groups is 1. The summed E-state index contributed by atoms with van der Waals surface area (Å²) in [5.74, 6) is 0.908. The first kappa shape index (κ1) is 24.7. The van der Waals surface area contributed by atoms with Gasteiger partial charge in [-0.1, -0.05) is 79.7 Å². The number of benzene rings is 3. The number of aromatic nitrogens is 2. The molecule has 1 N–H and O–H groups in total. The molecule has 0 saturated heterocycles. The molecule has 4 rings (SSSR count). The van der Waals surface area contributed by atoms with Crippen LogP contribution in [0.5, 0.6) is 0 Å². The Hall–Kier alpha value is -3.38. The average Bonchev–Trinajstić information content (AvgIpc) is 2.85. The zero-order chi connectivity index (χ0) is 24.9. The zero-order valence-corrected chi connectivity index (χ0v) is 21.5. The highest BCUT2D eigenvalue weighted by Crippen LogP contribution is 2.25. The van der Waals surface area contributed by atoms with Crippen molar-refractivity contribution in [2.45, 2.75) is 45.1 Å². The fourth-order valence-corrected chi connectivity index (χ4v) is 4.92.